The molecule has 1 saturated heterocycles. The van der Waals surface area contributed by atoms with Gasteiger partial charge in [0.15, 0.2) is 5.65 Å². The second-order valence-electron chi connectivity index (χ2n) is 8.12. The molecule has 0 aliphatic carbocycles. The van der Waals surface area contributed by atoms with Crippen LogP contribution in [0.5, 0.6) is 0 Å². The summed E-state index contributed by atoms with van der Waals surface area (Å²) in [6, 6.07) is 3.54. The third-order valence-electron chi connectivity index (χ3n) is 5.31. The predicted molar refractivity (Wildman–Crippen MR) is 125 cm³/mol. The monoisotopic (exact) mass is 481 g/mol. The summed E-state index contributed by atoms with van der Waals surface area (Å²) in [6.07, 6.45) is 3.75. The van der Waals surface area contributed by atoms with E-state index in [9.17, 15) is 17.2 Å². The maximum atomic E-state index is 14.3. The molecule has 9 nitrogen and oxygen atoms in total. The van der Waals surface area contributed by atoms with Gasteiger partial charge in [0.25, 0.3) is 0 Å². The largest absolute Gasteiger partial charge is 0.352 e. The molecule has 2 N–H and O–H groups in total. The van der Waals surface area contributed by atoms with Crippen LogP contribution in [0, 0.1) is 11.6 Å². The Morgan fingerprint density at radius 2 is 1.76 bits per heavy atom. The average Bonchev–Trinajstić information content (AvgIpc) is 3.07. The Bertz CT molecular complexity index is 1220. The van der Waals surface area contributed by atoms with Gasteiger partial charge in [0.2, 0.25) is 21.9 Å². The predicted octanol–water partition coefficient (Wildman–Crippen LogP) is 3.90. The van der Waals surface area contributed by atoms with E-state index >= 15 is 0 Å². The number of aromatic nitrogens is 4. The van der Waals surface area contributed by atoms with Gasteiger partial charge in [0, 0.05) is 25.2 Å². The van der Waals surface area contributed by atoms with Crippen LogP contribution in [0.25, 0.3) is 11.2 Å². The Labute approximate surface area is 192 Å². The van der Waals surface area contributed by atoms with Crippen LogP contribution in [0.15, 0.2) is 24.4 Å². The minimum Gasteiger partial charge on any atom is -0.352 e. The van der Waals surface area contributed by atoms with Gasteiger partial charge >= 0.3 is 0 Å². The maximum Gasteiger partial charge on any atom is 0.224 e. The highest BCUT2D eigenvalue weighted by Crippen LogP contribution is 2.33. The third-order valence-corrected chi connectivity index (χ3v) is 6.61. The first kappa shape index (κ1) is 24.8. The molecule has 0 atom stereocenters. The van der Waals surface area contributed by atoms with E-state index in [0.717, 1.165) is 12.1 Å². The van der Waals surface area contributed by atoms with E-state index in [0.29, 0.717) is 43.0 Å². The molecule has 33 heavy (non-hydrogen) atoms. The minimum atomic E-state index is -3.29. The summed E-state index contributed by atoms with van der Waals surface area (Å²) in [6.45, 7) is 4.58. The highest BCUT2D eigenvalue weighted by Gasteiger charge is 2.29. The molecule has 0 saturated carbocycles. The molecule has 0 radical (unpaired) electrons. The van der Waals surface area contributed by atoms with Crippen molar-refractivity contribution in [3.05, 3.63) is 36.0 Å². The number of para-hydroxylation sites is 1. The van der Waals surface area contributed by atoms with Gasteiger partial charge in [0.05, 0.1) is 12.5 Å². The first-order valence-corrected chi connectivity index (χ1v) is 12.2. The topological polar surface area (TPSA) is 105 Å². The smallest absolute Gasteiger partial charge is 0.224 e. The van der Waals surface area contributed by atoms with E-state index in [1.54, 1.807) is 10.8 Å². The lowest BCUT2D eigenvalue weighted by molar-refractivity contribution is 0.279. The van der Waals surface area contributed by atoms with E-state index in [2.05, 4.69) is 25.6 Å². The number of rotatable bonds is 6. The SMILES string of the molecule is C.CC(C)Nc1ncc2nc(Nc3c(F)cccc3F)n(C3CCN(S(C)(=O)=O)CC3)c2n1. The van der Waals surface area contributed by atoms with Crippen molar-refractivity contribution in [2.75, 3.05) is 30.0 Å². The number of hydrogen-bond acceptors (Lipinski definition) is 7. The molecule has 180 valence electrons. The molecule has 1 aliphatic heterocycles. The van der Waals surface area contributed by atoms with Crippen LogP contribution < -0.4 is 10.6 Å². The highest BCUT2D eigenvalue weighted by atomic mass is 32.2. The van der Waals surface area contributed by atoms with Crippen LogP contribution in [0.4, 0.5) is 26.4 Å². The fourth-order valence-electron chi connectivity index (χ4n) is 3.81. The molecule has 1 aromatic carbocycles. The van der Waals surface area contributed by atoms with Crippen molar-refractivity contribution >= 4 is 38.8 Å². The summed E-state index contributed by atoms with van der Waals surface area (Å²) in [7, 11) is -3.29. The average molecular weight is 482 g/mol. The van der Waals surface area contributed by atoms with Gasteiger partial charge in [-0.3, -0.25) is 4.57 Å². The summed E-state index contributed by atoms with van der Waals surface area (Å²) in [5.41, 5.74) is 0.649. The van der Waals surface area contributed by atoms with Gasteiger partial charge in [-0.2, -0.15) is 4.98 Å². The molecular formula is C21H29F2N7O2S. The van der Waals surface area contributed by atoms with E-state index < -0.39 is 21.7 Å². The second-order valence-corrected chi connectivity index (χ2v) is 10.1. The van der Waals surface area contributed by atoms with Crippen LogP contribution >= 0.6 is 0 Å². The highest BCUT2D eigenvalue weighted by molar-refractivity contribution is 7.88. The number of hydrogen-bond donors (Lipinski definition) is 2. The molecule has 0 unspecified atom stereocenters. The molecule has 3 aromatic rings. The zero-order chi connectivity index (χ0) is 23.0. The van der Waals surface area contributed by atoms with Crippen LogP contribution in [0.2, 0.25) is 0 Å². The summed E-state index contributed by atoms with van der Waals surface area (Å²) in [5.74, 6) is -0.865. The minimum absolute atomic E-state index is 0. The van der Waals surface area contributed by atoms with Crippen LogP contribution in [-0.4, -0.2) is 57.6 Å². The fraction of sp³-hybridized carbons (Fsp3) is 0.476. The van der Waals surface area contributed by atoms with E-state index in [1.807, 2.05) is 13.8 Å². The summed E-state index contributed by atoms with van der Waals surface area (Å²) < 4.78 is 55.6. The summed E-state index contributed by atoms with van der Waals surface area (Å²) >= 11 is 0. The molecule has 2 aromatic heterocycles. The van der Waals surface area contributed by atoms with Crippen molar-refractivity contribution in [3.63, 3.8) is 0 Å². The van der Waals surface area contributed by atoms with Crippen molar-refractivity contribution < 1.29 is 17.2 Å². The molecule has 0 amide bonds. The van der Waals surface area contributed by atoms with Gasteiger partial charge in [-0.05, 0) is 38.8 Å². The first-order valence-electron chi connectivity index (χ1n) is 10.3. The number of fused-ring (bicyclic) bond motifs is 1. The number of piperidine rings is 1. The Morgan fingerprint density at radius 3 is 2.33 bits per heavy atom. The molecule has 0 spiro atoms. The van der Waals surface area contributed by atoms with Crippen LogP contribution in [0.1, 0.15) is 40.2 Å². The molecule has 1 fully saturated rings. The van der Waals surface area contributed by atoms with Crippen molar-refractivity contribution in [1.82, 2.24) is 23.8 Å². The Hall–Kier alpha value is -2.86. The standard InChI is InChI=1S/C20H25F2N7O2S.CH4/c1-12(2)24-19-23-11-16-18(27-19)29(13-7-9-28(10-8-13)32(3,30)31)20(25-16)26-17-14(21)5-4-6-15(17)22;/h4-6,11-13H,7-10H2,1-3H3,(H,25,26)(H,23,24,27);1H4. The van der Waals surface area contributed by atoms with Crippen LogP contribution in [-0.2, 0) is 10.0 Å². The van der Waals surface area contributed by atoms with E-state index in [1.165, 1.54) is 16.6 Å². The Morgan fingerprint density at radius 1 is 1.12 bits per heavy atom. The lowest BCUT2D eigenvalue weighted by Gasteiger charge is -2.31. The molecule has 4 rings (SSSR count). The van der Waals surface area contributed by atoms with Gasteiger partial charge in [-0.25, -0.2) is 31.5 Å². The quantitative estimate of drug-likeness (QED) is 0.550. The summed E-state index contributed by atoms with van der Waals surface area (Å²) in [5, 5.41) is 5.92. The van der Waals surface area contributed by atoms with Crippen molar-refractivity contribution in [1.29, 1.82) is 0 Å². The normalized spacial score (nSPS) is 15.6. The number of imidazole rings is 1. The summed E-state index contributed by atoms with van der Waals surface area (Å²) in [4.78, 5) is 13.3. The second kappa shape index (κ2) is 9.56. The lowest BCUT2D eigenvalue weighted by Crippen LogP contribution is -2.38. The third kappa shape index (κ3) is 5.22. The molecular weight excluding hydrogens is 452 g/mol. The molecule has 3 heterocycles. The van der Waals surface area contributed by atoms with Crippen molar-refractivity contribution in [2.24, 2.45) is 0 Å². The van der Waals surface area contributed by atoms with E-state index in [-0.39, 0.29) is 31.1 Å². The number of anilines is 3. The van der Waals surface area contributed by atoms with E-state index in [4.69, 9.17) is 0 Å². The lowest BCUT2D eigenvalue weighted by atomic mass is 10.1. The fourth-order valence-corrected chi connectivity index (χ4v) is 4.69. The Kier molecular flexibility index (Phi) is 7.17. The Balaban J connectivity index is 0.00000306. The number of halogens is 2. The zero-order valence-corrected chi connectivity index (χ0v) is 18.8. The van der Waals surface area contributed by atoms with Crippen LogP contribution in [0.3, 0.4) is 0 Å². The number of nitrogens with zero attached hydrogens (tertiary/aromatic N) is 5. The van der Waals surface area contributed by atoms with Crippen molar-refractivity contribution in [3.8, 4) is 0 Å². The molecule has 1 aliphatic rings. The van der Waals surface area contributed by atoms with Crippen molar-refractivity contribution in [2.45, 2.75) is 46.2 Å². The number of nitrogens with one attached hydrogen (secondary N) is 2. The molecule has 0 bridgehead atoms. The zero-order valence-electron chi connectivity index (χ0n) is 18.0. The maximum absolute atomic E-state index is 14.3. The molecule has 12 heteroatoms. The van der Waals surface area contributed by atoms with Gasteiger partial charge in [-0.1, -0.05) is 13.5 Å². The number of sulfonamides is 1. The van der Waals surface area contributed by atoms with Gasteiger partial charge < -0.3 is 10.6 Å². The van der Waals surface area contributed by atoms with Gasteiger partial charge in [0.1, 0.15) is 22.8 Å². The number of benzene rings is 1. The first-order chi connectivity index (χ1) is 15.1. The van der Waals surface area contributed by atoms with Gasteiger partial charge in [-0.15, -0.1) is 0 Å².